The summed E-state index contributed by atoms with van der Waals surface area (Å²) in [5, 5.41) is 16.2. The normalized spacial score (nSPS) is 14.4. The third-order valence-electron chi connectivity index (χ3n) is 3.99. The summed E-state index contributed by atoms with van der Waals surface area (Å²) in [5.74, 6) is 0.326. The maximum atomic E-state index is 12.4. The van der Waals surface area contributed by atoms with Crippen molar-refractivity contribution in [3.05, 3.63) is 48.0 Å². The molecule has 1 aliphatic rings. The SMILES string of the molecule is CCn1cnnc1CNC(=O)C1=NN(Cc2ccccc2)C(=O)CC1. The van der Waals surface area contributed by atoms with Gasteiger partial charge in [-0.15, -0.1) is 10.2 Å². The molecule has 2 amide bonds. The van der Waals surface area contributed by atoms with Crippen LogP contribution in [0.2, 0.25) is 0 Å². The van der Waals surface area contributed by atoms with Crippen LogP contribution in [0.5, 0.6) is 0 Å². The first-order valence-electron chi connectivity index (χ1n) is 8.24. The summed E-state index contributed by atoms with van der Waals surface area (Å²) in [6, 6.07) is 9.58. The minimum Gasteiger partial charge on any atom is -0.344 e. The van der Waals surface area contributed by atoms with Crippen LogP contribution in [0.1, 0.15) is 31.2 Å². The molecule has 25 heavy (non-hydrogen) atoms. The van der Waals surface area contributed by atoms with Gasteiger partial charge in [0, 0.05) is 19.4 Å². The number of carbonyl (C=O) groups is 2. The van der Waals surface area contributed by atoms with E-state index in [1.54, 1.807) is 6.33 Å². The first-order valence-corrected chi connectivity index (χ1v) is 8.24. The van der Waals surface area contributed by atoms with E-state index in [0.717, 1.165) is 12.1 Å². The molecule has 0 aliphatic carbocycles. The van der Waals surface area contributed by atoms with E-state index >= 15 is 0 Å². The molecular formula is C17H20N6O2. The number of hydrogen-bond acceptors (Lipinski definition) is 5. The van der Waals surface area contributed by atoms with Gasteiger partial charge in [-0.2, -0.15) is 5.10 Å². The third-order valence-corrected chi connectivity index (χ3v) is 3.99. The minimum atomic E-state index is -0.281. The summed E-state index contributed by atoms with van der Waals surface area (Å²) in [7, 11) is 0. The molecule has 0 unspecified atom stereocenters. The van der Waals surface area contributed by atoms with Crippen LogP contribution in [-0.2, 0) is 29.2 Å². The fraction of sp³-hybridized carbons (Fsp3) is 0.353. The van der Waals surface area contributed by atoms with Crippen molar-refractivity contribution in [1.29, 1.82) is 0 Å². The minimum absolute atomic E-state index is 0.0777. The van der Waals surface area contributed by atoms with Gasteiger partial charge < -0.3 is 9.88 Å². The maximum Gasteiger partial charge on any atom is 0.267 e. The van der Waals surface area contributed by atoms with Crippen LogP contribution in [0.15, 0.2) is 41.8 Å². The van der Waals surface area contributed by atoms with Gasteiger partial charge in [-0.05, 0) is 12.5 Å². The quantitative estimate of drug-likeness (QED) is 0.852. The number of rotatable bonds is 6. The lowest BCUT2D eigenvalue weighted by Gasteiger charge is -2.23. The lowest BCUT2D eigenvalue weighted by Crippen LogP contribution is -2.38. The number of benzene rings is 1. The van der Waals surface area contributed by atoms with Gasteiger partial charge in [0.2, 0.25) is 5.91 Å². The Kier molecular flexibility index (Phi) is 5.17. The van der Waals surface area contributed by atoms with Crippen molar-refractivity contribution in [2.24, 2.45) is 5.10 Å². The number of hydrogen-bond donors (Lipinski definition) is 1. The van der Waals surface area contributed by atoms with Crippen LogP contribution in [0, 0.1) is 0 Å². The van der Waals surface area contributed by atoms with E-state index in [9.17, 15) is 9.59 Å². The Balaban J connectivity index is 1.65. The molecule has 1 aromatic heterocycles. The molecule has 8 nitrogen and oxygen atoms in total. The standard InChI is InChI=1S/C17H20N6O2/c1-2-22-12-19-20-15(22)10-18-17(25)14-8-9-16(24)23(21-14)11-13-6-4-3-5-7-13/h3-7,12H,2,8-11H2,1H3,(H,18,25). The Morgan fingerprint density at radius 1 is 1.24 bits per heavy atom. The number of aromatic nitrogens is 3. The summed E-state index contributed by atoms with van der Waals surface area (Å²) in [6.45, 7) is 3.35. The number of carbonyl (C=O) groups excluding carboxylic acids is 2. The molecule has 1 aromatic carbocycles. The van der Waals surface area contributed by atoms with Crippen LogP contribution >= 0.6 is 0 Å². The molecule has 1 N–H and O–H groups in total. The van der Waals surface area contributed by atoms with Crippen molar-refractivity contribution < 1.29 is 9.59 Å². The molecule has 0 spiro atoms. The molecule has 0 atom stereocenters. The van der Waals surface area contributed by atoms with E-state index < -0.39 is 0 Å². The highest BCUT2D eigenvalue weighted by molar-refractivity contribution is 6.39. The van der Waals surface area contributed by atoms with Crippen LogP contribution in [0.3, 0.4) is 0 Å². The third kappa shape index (κ3) is 4.09. The van der Waals surface area contributed by atoms with Gasteiger partial charge >= 0.3 is 0 Å². The molecule has 2 aromatic rings. The second-order valence-electron chi connectivity index (χ2n) is 5.70. The number of nitrogens with one attached hydrogen (secondary N) is 1. The van der Waals surface area contributed by atoms with Crippen molar-refractivity contribution in [2.45, 2.75) is 39.4 Å². The second-order valence-corrected chi connectivity index (χ2v) is 5.70. The lowest BCUT2D eigenvalue weighted by atomic mass is 10.1. The highest BCUT2D eigenvalue weighted by Gasteiger charge is 2.24. The molecule has 0 saturated heterocycles. The molecule has 0 fully saturated rings. The zero-order valence-electron chi connectivity index (χ0n) is 14.1. The molecule has 0 saturated carbocycles. The smallest absolute Gasteiger partial charge is 0.267 e. The first kappa shape index (κ1) is 16.8. The van der Waals surface area contributed by atoms with Crippen molar-refractivity contribution in [1.82, 2.24) is 25.1 Å². The van der Waals surface area contributed by atoms with Gasteiger partial charge in [0.25, 0.3) is 5.91 Å². The summed E-state index contributed by atoms with van der Waals surface area (Å²) in [4.78, 5) is 24.4. The van der Waals surface area contributed by atoms with E-state index in [4.69, 9.17) is 0 Å². The second kappa shape index (κ2) is 7.69. The summed E-state index contributed by atoms with van der Waals surface area (Å²) < 4.78 is 1.86. The topological polar surface area (TPSA) is 92.5 Å². The largest absolute Gasteiger partial charge is 0.344 e. The highest BCUT2D eigenvalue weighted by Crippen LogP contribution is 2.13. The number of amides is 2. The van der Waals surface area contributed by atoms with E-state index in [1.807, 2.05) is 41.8 Å². The van der Waals surface area contributed by atoms with Crippen LogP contribution in [0.25, 0.3) is 0 Å². The van der Waals surface area contributed by atoms with E-state index in [2.05, 4.69) is 20.6 Å². The summed E-state index contributed by atoms with van der Waals surface area (Å²) in [6.07, 6.45) is 2.25. The van der Waals surface area contributed by atoms with Gasteiger partial charge in [-0.1, -0.05) is 30.3 Å². The maximum absolute atomic E-state index is 12.4. The van der Waals surface area contributed by atoms with Crippen LogP contribution < -0.4 is 5.32 Å². The zero-order chi connectivity index (χ0) is 17.6. The van der Waals surface area contributed by atoms with Crippen molar-refractivity contribution >= 4 is 17.5 Å². The van der Waals surface area contributed by atoms with E-state index in [0.29, 0.717) is 24.5 Å². The van der Waals surface area contributed by atoms with Crippen LogP contribution in [-0.4, -0.2) is 37.3 Å². The molecule has 8 heteroatoms. The Morgan fingerprint density at radius 3 is 2.80 bits per heavy atom. The first-order chi connectivity index (χ1) is 12.2. The molecule has 130 valence electrons. The van der Waals surface area contributed by atoms with E-state index in [1.165, 1.54) is 5.01 Å². The molecule has 0 bridgehead atoms. The molecular weight excluding hydrogens is 320 g/mol. The van der Waals surface area contributed by atoms with Gasteiger partial charge in [0.05, 0.1) is 13.1 Å². The summed E-state index contributed by atoms with van der Waals surface area (Å²) in [5.41, 5.74) is 1.33. The van der Waals surface area contributed by atoms with Crippen molar-refractivity contribution in [3.8, 4) is 0 Å². The average Bonchev–Trinajstić information content (AvgIpc) is 3.10. The van der Waals surface area contributed by atoms with Crippen molar-refractivity contribution in [2.75, 3.05) is 0 Å². The Hall–Kier alpha value is -3.03. The molecule has 2 heterocycles. The van der Waals surface area contributed by atoms with Gasteiger partial charge in [-0.3, -0.25) is 9.59 Å². The number of nitrogens with zero attached hydrogens (tertiary/aromatic N) is 5. The molecule has 1 aliphatic heterocycles. The van der Waals surface area contributed by atoms with Gasteiger partial charge in [0.1, 0.15) is 12.0 Å². The Labute approximate surface area is 145 Å². The average molecular weight is 340 g/mol. The molecule has 0 radical (unpaired) electrons. The van der Waals surface area contributed by atoms with E-state index in [-0.39, 0.29) is 24.8 Å². The monoisotopic (exact) mass is 340 g/mol. The highest BCUT2D eigenvalue weighted by atomic mass is 16.2. The fourth-order valence-corrected chi connectivity index (χ4v) is 2.59. The Bertz CT molecular complexity index is 783. The fourth-order valence-electron chi connectivity index (χ4n) is 2.59. The number of aryl methyl sites for hydroxylation is 1. The molecule has 3 rings (SSSR count). The van der Waals surface area contributed by atoms with Gasteiger partial charge in [0.15, 0.2) is 5.82 Å². The number of hydrazone groups is 1. The predicted octanol–water partition coefficient (Wildman–Crippen LogP) is 1.09. The van der Waals surface area contributed by atoms with Crippen LogP contribution in [0.4, 0.5) is 0 Å². The van der Waals surface area contributed by atoms with Gasteiger partial charge in [-0.25, -0.2) is 5.01 Å². The predicted molar refractivity (Wildman–Crippen MR) is 91.2 cm³/mol. The Morgan fingerprint density at radius 2 is 2.04 bits per heavy atom. The lowest BCUT2D eigenvalue weighted by molar-refractivity contribution is -0.132. The zero-order valence-corrected chi connectivity index (χ0v) is 14.1. The summed E-state index contributed by atoms with van der Waals surface area (Å²) >= 11 is 0. The van der Waals surface area contributed by atoms with Crippen molar-refractivity contribution in [3.63, 3.8) is 0 Å².